The van der Waals surface area contributed by atoms with Gasteiger partial charge in [-0.25, -0.2) is 13.4 Å². The largest absolute Gasteiger partial charge is 0.379 e. The molecular weight excluding hydrogens is 487 g/mol. The molecule has 26 heavy (non-hydrogen) atoms. The second-order valence-corrected chi connectivity index (χ2v) is 9.91. The maximum Gasteiger partial charge on any atom is 0.252 e. The Kier molecular flexibility index (Phi) is 8.13. The van der Waals surface area contributed by atoms with E-state index in [9.17, 15) is 8.42 Å². The molecule has 148 valence electrons. The van der Waals surface area contributed by atoms with Crippen molar-refractivity contribution < 1.29 is 13.2 Å². The number of sulfonamides is 1. The Balaban J connectivity index is 0.00000243. The van der Waals surface area contributed by atoms with Crippen LogP contribution >= 0.6 is 35.3 Å². The van der Waals surface area contributed by atoms with Gasteiger partial charge in [-0.15, -0.1) is 35.3 Å². The van der Waals surface area contributed by atoms with Crippen LogP contribution in [0.1, 0.15) is 24.6 Å². The van der Waals surface area contributed by atoms with Gasteiger partial charge in [-0.1, -0.05) is 6.92 Å². The van der Waals surface area contributed by atoms with E-state index in [-0.39, 0.29) is 24.0 Å². The Bertz CT molecular complexity index is 709. The highest BCUT2D eigenvalue weighted by Crippen LogP contribution is 2.26. The van der Waals surface area contributed by atoms with Gasteiger partial charge < -0.3 is 15.4 Å². The van der Waals surface area contributed by atoms with Crippen molar-refractivity contribution in [1.82, 2.24) is 9.21 Å². The molecule has 2 fully saturated rings. The number of hydrogen-bond acceptors (Lipinski definition) is 5. The summed E-state index contributed by atoms with van der Waals surface area (Å²) in [6, 6.07) is 3.49. The topological polar surface area (TPSA) is 88.2 Å². The lowest BCUT2D eigenvalue weighted by Crippen LogP contribution is -2.42. The van der Waals surface area contributed by atoms with Crippen molar-refractivity contribution in [2.45, 2.75) is 30.5 Å². The van der Waals surface area contributed by atoms with Crippen LogP contribution in [-0.2, 0) is 21.3 Å². The van der Waals surface area contributed by atoms with Crippen LogP contribution < -0.4 is 5.73 Å². The standard InChI is InChI=1S/C16H26N4O3S2.HI/c1-13-4-6-19(7-5-13)16(17)18-12-14-2-3-15(24-14)25(21,22)20-8-10-23-11-9-20;/h2-3,13H,4-12H2,1H3,(H2,17,18);1H. The van der Waals surface area contributed by atoms with Gasteiger partial charge in [-0.05, 0) is 30.9 Å². The number of morpholine rings is 1. The fourth-order valence-electron chi connectivity index (χ4n) is 2.99. The SMILES string of the molecule is CC1CCN(C(N)=NCc2ccc(S(=O)(=O)N3CCOCC3)s2)CC1.I. The van der Waals surface area contributed by atoms with E-state index in [0.29, 0.717) is 43.0 Å². The summed E-state index contributed by atoms with van der Waals surface area (Å²) >= 11 is 1.27. The lowest BCUT2D eigenvalue weighted by Gasteiger charge is -2.30. The van der Waals surface area contributed by atoms with E-state index in [0.717, 1.165) is 36.7 Å². The zero-order valence-corrected chi connectivity index (χ0v) is 18.9. The normalized spacial score (nSPS) is 20.8. The first-order valence-electron chi connectivity index (χ1n) is 8.68. The van der Waals surface area contributed by atoms with Crippen LogP contribution in [0, 0.1) is 5.92 Å². The number of piperidine rings is 1. The molecule has 0 saturated carbocycles. The van der Waals surface area contributed by atoms with Gasteiger partial charge in [0.1, 0.15) is 4.21 Å². The number of nitrogens with zero attached hydrogens (tertiary/aromatic N) is 3. The number of hydrogen-bond donors (Lipinski definition) is 1. The molecule has 1 aromatic heterocycles. The van der Waals surface area contributed by atoms with Gasteiger partial charge in [-0.3, -0.25) is 0 Å². The molecule has 2 saturated heterocycles. The third-order valence-corrected chi connectivity index (χ3v) is 8.14. The minimum Gasteiger partial charge on any atom is -0.379 e. The molecule has 2 aliphatic rings. The molecular formula is C16H27IN4O3S2. The first-order chi connectivity index (χ1) is 12.0. The molecule has 2 N–H and O–H groups in total. The highest BCUT2D eigenvalue weighted by Gasteiger charge is 2.27. The number of ether oxygens (including phenoxy) is 1. The van der Waals surface area contributed by atoms with Crippen molar-refractivity contribution in [2.75, 3.05) is 39.4 Å². The van der Waals surface area contributed by atoms with Gasteiger partial charge >= 0.3 is 0 Å². The summed E-state index contributed by atoms with van der Waals surface area (Å²) in [4.78, 5) is 7.47. The monoisotopic (exact) mass is 514 g/mol. The molecule has 10 heteroatoms. The van der Waals surface area contributed by atoms with Crippen LogP contribution in [0.2, 0.25) is 0 Å². The van der Waals surface area contributed by atoms with Crippen LogP contribution in [0.5, 0.6) is 0 Å². The van der Waals surface area contributed by atoms with Gasteiger partial charge in [-0.2, -0.15) is 4.31 Å². The summed E-state index contributed by atoms with van der Waals surface area (Å²) in [6.45, 7) is 6.28. The highest BCUT2D eigenvalue weighted by atomic mass is 127. The molecule has 3 heterocycles. The molecule has 0 bridgehead atoms. The predicted molar refractivity (Wildman–Crippen MR) is 115 cm³/mol. The summed E-state index contributed by atoms with van der Waals surface area (Å²) in [5.74, 6) is 1.30. The van der Waals surface area contributed by atoms with E-state index in [1.165, 1.54) is 15.6 Å². The average molecular weight is 514 g/mol. The molecule has 0 aromatic carbocycles. The van der Waals surface area contributed by atoms with Gasteiger partial charge in [0, 0.05) is 31.1 Å². The van der Waals surface area contributed by atoms with Crippen molar-refractivity contribution in [1.29, 1.82) is 0 Å². The summed E-state index contributed by atoms with van der Waals surface area (Å²) in [5.41, 5.74) is 6.09. The van der Waals surface area contributed by atoms with Crippen LogP contribution in [0.4, 0.5) is 0 Å². The second-order valence-electron chi connectivity index (χ2n) is 6.58. The molecule has 0 unspecified atom stereocenters. The quantitative estimate of drug-likeness (QED) is 0.377. The minimum absolute atomic E-state index is 0. The zero-order chi connectivity index (χ0) is 17.9. The Morgan fingerprint density at radius 3 is 2.58 bits per heavy atom. The van der Waals surface area contributed by atoms with E-state index in [1.807, 2.05) is 6.07 Å². The van der Waals surface area contributed by atoms with Crippen LogP contribution in [0.25, 0.3) is 0 Å². The Morgan fingerprint density at radius 1 is 1.27 bits per heavy atom. The molecule has 0 amide bonds. The number of nitrogens with two attached hydrogens (primary N) is 1. The fourth-order valence-corrected chi connectivity index (χ4v) is 5.84. The van der Waals surface area contributed by atoms with Gasteiger partial charge in [0.05, 0.1) is 19.8 Å². The lowest BCUT2D eigenvalue weighted by atomic mass is 10.00. The molecule has 3 rings (SSSR count). The highest BCUT2D eigenvalue weighted by molar-refractivity contribution is 14.0. The van der Waals surface area contributed by atoms with E-state index >= 15 is 0 Å². The maximum absolute atomic E-state index is 12.6. The van der Waals surface area contributed by atoms with Crippen molar-refractivity contribution in [3.63, 3.8) is 0 Å². The predicted octanol–water partition coefficient (Wildman–Crippen LogP) is 1.93. The Morgan fingerprint density at radius 2 is 1.92 bits per heavy atom. The van der Waals surface area contributed by atoms with Crippen LogP contribution in [0.3, 0.4) is 0 Å². The maximum atomic E-state index is 12.6. The minimum atomic E-state index is -3.42. The van der Waals surface area contributed by atoms with E-state index in [1.54, 1.807) is 6.07 Å². The number of guanidine groups is 1. The van der Waals surface area contributed by atoms with Gasteiger partial charge in [0.25, 0.3) is 10.0 Å². The molecule has 0 spiro atoms. The number of likely N-dealkylation sites (tertiary alicyclic amines) is 1. The molecule has 2 aliphatic heterocycles. The summed E-state index contributed by atoms with van der Waals surface area (Å²) < 4.78 is 32.3. The summed E-state index contributed by atoms with van der Waals surface area (Å²) in [5, 5.41) is 0. The molecule has 1 aromatic rings. The van der Waals surface area contributed by atoms with Crippen LogP contribution in [-0.4, -0.2) is 63.0 Å². The Hall–Kier alpha value is -0.430. The van der Waals surface area contributed by atoms with Gasteiger partial charge in [0.2, 0.25) is 0 Å². The first-order valence-corrected chi connectivity index (χ1v) is 10.9. The fraction of sp³-hybridized carbons (Fsp3) is 0.688. The number of halogens is 1. The van der Waals surface area contributed by atoms with E-state index in [2.05, 4.69) is 16.8 Å². The third-order valence-electron chi connectivity index (χ3n) is 4.71. The van der Waals surface area contributed by atoms with Crippen molar-refractivity contribution in [3.8, 4) is 0 Å². The van der Waals surface area contributed by atoms with Crippen molar-refractivity contribution in [3.05, 3.63) is 17.0 Å². The Labute approximate surface area is 176 Å². The van der Waals surface area contributed by atoms with E-state index in [4.69, 9.17) is 10.5 Å². The average Bonchev–Trinajstić information content (AvgIpc) is 3.11. The second kappa shape index (κ2) is 9.67. The summed E-state index contributed by atoms with van der Waals surface area (Å²) in [7, 11) is -3.42. The molecule has 0 atom stereocenters. The van der Waals surface area contributed by atoms with E-state index < -0.39 is 10.0 Å². The molecule has 0 aliphatic carbocycles. The number of rotatable bonds is 4. The number of aliphatic imine (C=N–C) groups is 1. The molecule has 0 radical (unpaired) electrons. The lowest BCUT2D eigenvalue weighted by molar-refractivity contribution is 0.0731. The van der Waals surface area contributed by atoms with Crippen molar-refractivity contribution in [2.24, 2.45) is 16.6 Å². The molecule has 7 nitrogen and oxygen atoms in total. The first kappa shape index (κ1) is 21.9. The number of thiophene rings is 1. The van der Waals surface area contributed by atoms with Crippen molar-refractivity contribution >= 4 is 51.3 Å². The van der Waals surface area contributed by atoms with Gasteiger partial charge in [0.15, 0.2) is 5.96 Å². The third kappa shape index (κ3) is 5.31. The smallest absolute Gasteiger partial charge is 0.252 e. The zero-order valence-electron chi connectivity index (χ0n) is 15.0. The van der Waals surface area contributed by atoms with Crippen LogP contribution in [0.15, 0.2) is 21.3 Å². The summed E-state index contributed by atoms with van der Waals surface area (Å²) in [6.07, 6.45) is 2.27.